The molecule has 4 rings (SSSR count). The number of rotatable bonds is 7. The van der Waals surface area contributed by atoms with Crippen LogP contribution in [0.15, 0.2) is 18.2 Å². The van der Waals surface area contributed by atoms with E-state index in [9.17, 15) is 4.79 Å². The van der Waals surface area contributed by atoms with Crippen LogP contribution < -0.4 is 15.8 Å². The molecule has 1 aromatic rings. The predicted octanol–water partition coefficient (Wildman–Crippen LogP) is 3.70. The normalized spacial score (nSPS) is 34.0. The second kappa shape index (κ2) is 8.27. The number of hydrogen-bond donors (Lipinski definition) is 3. The quantitative estimate of drug-likeness (QED) is 0.608. The lowest BCUT2D eigenvalue weighted by atomic mass is 9.55. The first-order chi connectivity index (χ1) is 13.9. The molecule has 5 heteroatoms. The fraction of sp³-hybridized carbons (Fsp3) is 0.708. The van der Waals surface area contributed by atoms with E-state index in [1.165, 1.54) is 44.1 Å². The summed E-state index contributed by atoms with van der Waals surface area (Å²) in [5.74, 6) is 2.37. The average Bonchev–Trinajstić information content (AvgIpc) is 3.06. The van der Waals surface area contributed by atoms with Gasteiger partial charge >= 0.3 is 5.97 Å². The summed E-state index contributed by atoms with van der Waals surface area (Å²) in [4.78, 5) is 10.9. The highest BCUT2D eigenvalue weighted by atomic mass is 16.5. The van der Waals surface area contributed by atoms with Crippen molar-refractivity contribution >= 4 is 5.97 Å². The third-order valence-electron chi connectivity index (χ3n) is 8.33. The Morgan fingerprint density at radius 1 is 1.34 bits per heavy atom. The molecule has 0 aromatic heterocycles. The zero-order valence-corrected chi connectivity index (χ0v) is 17.8. The molecule has 0 spiro atoms. The SMILES string of the molecule is COc1ccc2c(c1)CCC1C2CC[C@@]2(C)C1CC[C@@H]2NCCC[C@H](N)C(=O)O. The molecule has 3 unspecified atom stereocenters. The molecule has 5 nitrogen and oxygen atoms in total. The number of nitrogens with two attached hydrogens (primary N) is 1. The van der Waals surface area contributed by atoms with Crippen LogP contribution in [0.2, 0.25) is 0 Å². The summed E-state index contributed by atoms with van der Waals surface area (Å²) < 4.78 is 5.44. The molecule has 0 bridgehead atoms. The van der Waals surface area contributed by atoms with Gasteiger partial charge in [-0.25, -0.2) is 0 Å². The summed E-state index contributed by atoms with van der Waals surface area (Å²) >= 11 is 0. The summed E-state index contributed by atoms with van der Waals surface area (Å²) in [6.45, 7) is 3.37. The Hall–Kier alpha value is -1.59. The zero-order valence-electron chi connectivity index (χ0n) is 17.8. The van der Waals surface area contributed by atoms with E-state index in [4.69, 9.17) is 15.6 Å². The first kappa shape index (κ1) is 20.7. The number of hydrogen-bond acceptors (Lipinski definition) is 4. The van der Waals surface area contributed by atoms with E-state index in [0.717, 1.165) is 30.6 Å². The van der Waals surface area contributed by atoms with Gasteiger partial charge in [0.15, 0.2) is 0 Å². The van der Waals surface area contributed by atoms with Gasteiger partial charge in [-0.3, -0.25) is 4.79 Å². The third kappa shape index (κ3) is 3.79. The lowest BCUT2D eigenvalue weighted by Gasteiger charge is -2.51. The van der Waals surface area contributed by atoms with Gasteiger partial charge in [0, 0.05) is 6.04 Å². The molecule has 29 heavy (non-hydrogen) atoms. The van der Waals surface area contributed by atoms with E-state index in [1.807, 2.05) is 0 Å². The highest BCUT2D eigenvalue weighted by molar-refractivity contribution is 5.72. The van der Waals surface area contributed by atoms with Gasteiger partial charge in [0.25, 0.3) is 0 Å². The van der Waals surface area contributed by atoms with Crippen molar-refractivity contribution in [1.29, 1.82) is 0 Å². The maximum Gasteiger partial charge on any atom is 0.320 e. The zero-order chi connectivity index (χ0) is 20.6. The predicted molar refractivity (Wildman–Crippen MR) is 114 cm³/mol. The smallest absolute Gasteiger partial charge is 0.320 e. The Morgan fingerprint density at radius 2 is 2.17 bits per heavy atom. The lowest BCUT2D eigenvalue weighted by molar-refractivity contribution is -0.138. The summed E-state index contributed by atoms with van der Waals surface area (Å²) in [7, 11) is 1.75. The molecular weight excluding hydrogens is 364 g/mol. The Morgan fingerprint density at radius 3 is 2.93 bits per heavy atom. The second-order valence-corrected chi connectivity index (χ2v) is 9.70. The van der Waals surface area contributed by atoms with Crippen molar-refractivity contribution in [1.82, 2.24) is 5.32 Å². The number of aliphatic carboxylic acids is 1. The van der Waals surface area contributed by atoms with Crippen molar-refractivity contribution in [3.05, 3.63) is 29.3 Å². The van der Waals surface area contributed by atoms with Crippen LogP contribution in [-0.4, -0.2) is 36.8 Å². The van der Waals surface area contributed by atoms with Crippen molar-refractivity contribution in [3.63, 3.8) is 0 Å². The Balaban J connectivity index is 1.40. The third-order valence-corrected chi connectivity index (χ3v) is 8.33. The van der Waals surface area contributed by atoms with Crippen molar-refractivity contribution < 1.29 is 14.6 Å². The van der Waals surface area contributed by atoms with Crippen LogP contribution in [0.3, 0.4) is 0 Å². The fourth-order valence-electron chi connectivity index (χ4n) is 6.74. The number of fused-ring (bicyclic) bond motifs is 5. The minimum atomic E-state index is -0.897. The number of benzene rings is 1. The number of ether oxygens (including phenoxy) is 1. The van der Waals surface area contributed by atoms with Crippen LogP contribution in [0.25, 0.3) is 0 Å². The van der Waals surface area contributed by atoms with Gasteiger partial charge in [0.05, 0.1) is 7.11 Å². The Bertz CT molecular complexity index is 752. The first-order valence-electron chi connectivity index (χ1n) is 11.3. The molecular formula is C24H36N2O3. The molecule has 0 amide bonds. The molecule has 160 valence electrons. The molecule has 1 aromatic carbocycles. The van der Waals surface area contributed by atoms with Crippen LogP contribution >= 0.6 is 0 Å². The van der Waals surface area contributed by atoms with Gasteiger partial charge in [0.1, 0.15) is 11.8 Å². The van der Waals surface area contributed by atoms with Gasteiger partial charge in [-0.1, -0.05) is 13.0 Å². The molecule has 2 fully saturated rings. The number of carboxylic acid groups (broad SMARTS) is 1. The Kier molecular flexibility index (Phi) is 5.90. The Labute approximate surface area is 174 Å². The molecule has 0 radical (unpaired) electrons. The first-order valence-corrected chi connectivity index (χ1v) is 11.3. The molecule has 4 N–H and O–H groups in total. The summed E-state index contributed by atoms with van der Waals surface area (Å²) in [6.07, 6.45) is 8.94. The molecule has 2 saturated carbocycles. The molecule has 0 aliphatic heterocycles. The molecule has 0 saturated heterocycles. The van der Waals surface area contributed by atoms with E-state index in [0.29, 0.717) is 23.8 Å². The van der Waals surface area contributed by atoms with Crippen LogP contribution in [0.4, 0.5) is 0 Å². The van der Waals surface area contributed by atoms with Crippen molar-refractivity contribution in [2.75, 3.05) is 13.7 Å². The number of carboxylic acids is 1. The number of carbonyl (C=O) groups is 1. The number of nitrogens with one attached hydrogen (secondary N) is 1. The molecule has 0 heterocycles. The maximum absolute atomic E-state index is 10.9. The average molecular weight is 401 g/mol. The standard InChI is InChI=1S/C24H36N2O3/c1-24-12-11-18-17-8-6-16(29-2)14-15(17)5-7-19(18)20(24)9-10-22(24)26-13-3-4-21(25)23(27)28/h6,8,14,18-22,26H,3-5,7,9-13,25H2,1-2H3,(H,27,28)/t18?,19?,20?,21-,22-,24-/m0/s1. The van der Waals surface area contributed by atoms with E-state index in [1.54, 1.807) is 12.7 Å². The lowest BCUT2D eigenvalue weighted by Crippen LogP contribution is -2.49. The molecule has 6 atom stereocenters. The van der Waals surface area contributed by atoms with E-state index in [2.05, 4.69) is 30.4 Å². The van der Waals surface area contributed by atoms with E-state index < -0.39 is 12.0 Å². The van der Waals surface area contributed by atoms with Crippen LogP contribution in [-0.2, 0) is 11.2 Å². The van der Waals surface area contributed by atoms with Gasteiger partial charge in [-0.2, -0.15) is 0 Å². The van der Waals surface area contributed by atoms with Crippen molar-refractivity contribution in [2.24, 2.45) is 23.0 Å². The summed E-state index contributed by atoms with van der Waals surface area (Å²) in [5, 5.41) is 12.7. The molecule has 3 aliphatic rings. The summed E-state index contributed by atoms with van der Waals surface area (Å²) in [6, 6.07) is 6.52. The van der Waals surface area contributed by atoms with E-state index in [-0.39, 0.29) is 0 Å². The second-order valence-electron chi connectivity index (χ2n) is 9.70. The fourth-order valence-corrected chi connectivity index (χ4v) is 6.74. The minimum Gasteiger partial charge on any atom is -0.497 e. The van der Waals surface area contributed by atoms with Crippen LogP contribution in [0, 0.1) is 17.3 Å². The van der Waals surface area contributed by atoms with Gasteiger partial charge in [0.2, 0.25) is 0 Å². The maximum atomic E-state index is 10.9. The highest BCUT2D eigenvalue weighted by Gasteiger charge is 2.54. The largest absolute Gasteiger partial charge is 0.497 e. The van der Waals surface area contributed by atoms with Crippen LogP contribution in [0.1, 0.15) is 68.9 Å². The van der Waals surface area contributed by atoms with Gasteiger partial charge in [-0.05, 0) is 104 Å². The summed E-state index contributed by atoms with van der Waals surface area (Å²) in [5.41, 5.74) is 9.07. The topological polar surface area (TPSA) is 84.6 Å². The van der Waals surface area contributed by atoms with Gasteiger partial charge in [-0.15, -0.1) is 0 Å². The van der Waals surface area contributed by atoms with Crippen LogP contribution in [0.5, 0.6) is 5.75 Å². The van der Waals surface area contributed by atoms with Gasteiger partial charge < -0.3 is 20.9 Å². The van der Waals surface area contributed by atoms with Crippen molar-refractivity contribution in [3.8, 4) is 5.75 Å². The monoisotopic (exact) mass is 400 g/mol. The molecule has 3 aliphatic carbocycles. The number of methoxy groups -OCH3 is 1. The highest BCUT2D eigenvalue weighted by Crippen LogP contribution is 2.60. The van der Waals surface area contributed by atoms with Crippen molar-refractivity contribution in [2.45, 2.75) is 76.3 Å². The minimum absolute atomic E-state index is 0.361. The van der Waals surface area contributed by atoms with E-state index >= 15 is 0 Å². The number of aryl methyl sites for hydroxylation is 1.